The molecule has 2 aromatic rings. The highest BCUT2D eigenvalue weighted by Gasteiger charge is 2.33. The molecule has 0 bridgehead atoms. The summed E-state index contributed by atoms with van der Waals surface area (Å²) in [6.07, 6.45) is -6.78. The number of aliphatic hydroxyl groups excluding tert-OH is 2. The second-order valence-electron chi connectivity index (χ2n) is 8.71. The number of aliphatic hydroxyl groups is 2. The summed E-state index contributed by atoms with van der Waals surface area (Å²) in [5, 5.41) is 29.9. The summed E-state index contributed by atoms with van der Waals surface area (Å²) in [6, 6.07) is 6.91. The van der Waals surface area contributed by atoms with Gasteiger partial charge < -0.3 is 24.8 Å². The summed E-state index contributed by atoms with van der Waals surface area (Å²) in [7, 11) is 0. The number of carbonyl (C=O) groups is 1. The van der Waals surface area contributed by atoms with Crippen LogP contribution in [0.2, 0.25) is 0 Å². The maximum Gasteiger partial charge on any atom is 0.573 e. The van der Waals surface area contributed by atoms with E-state index in [9.17, 15) is 33.3 Å². The van der Waals surface area contributed by atoms with Crippen molar-refractivity contribution >= 4 is 6.09 Å². The average molecular weight is 469 g/mol. The molecular formula is C23H26F3NO6. The zero-order valence-corrected chi connectivity index (χ0v) is 18.4. The van der Waals surface area contributed by atoms with Gasteiger partial charge in [-0.05, 0) is 55.7 Å². The Labute approximate surface area is 189 Å². The van der Waals surface area contributed by atoms with E-state index in [0.717, 1.165) is 0 Å². The Hall–Kier alpha value is -2.98. The van der Waals surface area contributed by atoms with Crippen molar-refractivity contribution in [1.29, 1.82) is 0 Å². The van der Waals surface area contributed by atoms with Crippen LogP contribution in [-0.4, -0.2) is 51.4 Å². The fourth-order valence-electron chi connectivity index (χ4n) is 3.91. The van der Waals surface area contributed by atoms with Gasteiger partial charge in [0.15, 0.2) is 0 Å². The summed E-state index contributed by atoms with van der Waals surface area (Å²) in [4.78, 5) is 13.1. The van der Waals surface area contributed by atoms with Crippen molar-refractivity contribution in [2.45, 2.75) is 51.7 Å². The van der Waals surface area contributed by atoms with Crippen molar-refractivity contribution < 1.29 is 42.8 Å². The third kappa shape index (κ3) is 5.51. The predicted octanol–water partition coefficient (Wildman–Crippen LogP) is 4.49. The van der Waals surface area contributed by atoms with Gasteiger partial charge >= 0.3 is 12.5 Å². The van der Waals surface area contributed by atoms with Gasteiger partial charge in [0, 0.05) is 29.6 Å². The maximum atomic E-state index is 12.5. The fourth-order valence-corrected chi connectivity index (χ4v) is 3.91. The SMILES string of the molecule is CC(C)(C)N(Cc1cc(-c2ccc(OC(F)(F)F)cc2)c2c(c1C(O)CO)CCO2)C(=O)O. The van der Waals surface area contributed by atoms with Crippen molar-refractivity contribution in [2.75, 3.05) is 13.2 Å². The first-order chi connectivity index (χ1) is 15.3. The number of carboxylic acid groups (broad SMARTS) is 1. The van der Waals surface area contributed by atoms with Crippen LogP contribution in [0, 0.1) is 0 Å². The molecule has 3 rings (SSSR count). The third-order valence-electron chi connectivity index (χ3n) is 5.38. The molecule has 0 aromatic heterocycles. The molecule has 0 spiro atoms. The maximum absolute atomic E-state index is 12.5. The lowest BCUT2D eigenvalue weighted by Gasteiger charge is -2.34. The number of hydrogen-bond donors (Lipinski definition) is 3. The summed E-state index contributed by atoms with van der Waals surface area (Å²) in [6.45, 7) is 4.89. The summed E-state index contributed by atoms with van der Waals surface area (Å²) in [5.41, 5.74) is 1.85. The van der Waals surface area contributed by atoms with E-state index in [0.29, 0.717) is 46.6 Å². The molecule has 10 heteroatoms. The van der Waals surface area contributed by atoms with Crippen LogP contribution in [0.3, 0.4) is 0 Å². The fraction of sp³-hybridized carbons (Fsp3) is 0.435. The molecule has 33 heavy (non-hydrogen) atoms. The van der Waals surface area contributed by atoms with Crippen molar-refractivity contribution in [3.63, 3.8) is 0 Å². The van der Waals surface area contributed by atoms with Gasteiger partial charge in [0.25, 0.3) is 0 Å². The monoisotopic (exact) mass is 469 g/mol. The van der Waals surface area contributed by atoms with Crippen LogP contribution in [-0.2, 0) is 13.0 Å². The Kier molecular flexibility index (Phi) is 6.80. The highest BCUT2D eigenvalue weighted by atomic mass is 19.4. The van der Waals surface area contributed by atoms with Gasteiger partial charge in [-0.2, -0.15) is 0 Å². The number of benzene rings is 2. The first kappa shape index (κ1) is 24.7. The normalized spacial score (nSPS) is 14.4. The molecule has 0 saturated heterocycles. The van der Waals surface area contributed by atoms with Crippen LogP contribution in [0.5, 0.6) is 11.5 Å². The number of rotatable bonds is 6. The highest BCUT2D eigenvalue weighted by Crippen LogP contribution is 2.43. The number of hydrogen-bond acceptors (Lipinski definition) is 5. The molecule has 0 fully saturated rings. The smallest absolute Gasteiger partial charge is 0.492 e. The first-order valence-electron chi connectivity index (χ1n) is 10.3. The van der Waals surface area contributed by atoms with E-state index in [4.69, 9.17) is 4.74 Å². The van der Waals surface area contributed by atoms with Gasteiger partial charge in [-0.1, -0.05) is 12.1 Å². The predicted molar refractivity (Wildman–Crippen MR) is 113 cm³/mol. The van der Waals surface area contributed by atoms with Crippen LogP contribution in [0.15, 0.2) is 30.3 Å². The molecule has 0 saturated carbocycles. The van der Waals surface area contributed by atoms with E-state index in [1.807, 2.05) is 0 Å². The van der Waals surface area contributed by atoms with Gasteiger partial charge in [0.1, 0.15) is 17.6 Å². The zero-order valence-electron chi connectivity index (χ0n) is 18.4. The van der Waals surface area contributed by atoms with Gasteiger partial charge in [0.2, 0.25) is 0 Å². The lowest BCUT2D eigenvalue weighted by atomic mass is 9.89. The van der Waals surface area contributed by atoms with E-state index in [1.54, 1.807) is 26.8 Å². The Bertz CT molecular complexity index is 1010. The number of halogens is 3. The number of nitrogens with zero attached hydrogens (tertiary/aromatic N) is 1. The Morgan fingerprint density at radius 2 is 1.85 bits per heavy atom. The van der Waals surface area contributed by atoms with Gasteiger partial charge in [-0.15, -0.1) is 13.2 Å². The summed E-state index contributed by atoms with van der Waals surface area (Å²) in [5.74, 6) is 0.0736. The summed E-state index contributed by atoms with van der Waals surface area (Å²) < 4.78 is 47.2. The first-order valence-corrected chi connectivity index (χ1v) is 10.3. The molecule has 1 aliphatic heterocycles. The molecule has 3 N–H and O–H groups in total. The largest absolute Gasteiger partial charge is 0.573 e. The Balaban J connectivity index is 2.13. The molecule has 1 aliphatic rings. The van der Waals surface area contributed by atoms with Gasteiger partial charge in [-0.3, -0.25) is 4.90 Å². The Morgan fingerprint density at radius 3 is 2.36 bits per heavy atom. The average Bonchev–Trinajstić information content (AvgIpc) is 3.18. The zero-order chi connectivity index (χ0) is 24.6. The van der Waals surface area contributed by atoms with Crippen molar-refractivity contribution in [2.24, 2.45) is 0 Å². The van der Waals surface area contributed by atoms with E-state index >= 15 is 0 Å². The van der Waals surface area contributed by atoms with Crippen LogP contribution in [0.25, 0.3) is 11.1 Å². The van der Waals surface area contributed by atoms with Gasteiger partial charge in [0.05, 0.1) is 13.2 Å². The topological polar surface area (TPSA) is 99.5 Å². The van der Waals surface area contributed by atoms with Crippen LogP contribution >= 0.6 is 0 Å². The molecular weight excluding hydrogens is 443 g/mol. The molecule has 7 nitrogen and oxygen atoms in total. The number of alkyl halides is 3. The molecule has 1 heterocycles. The van der Waals surface area contributed by atoms with Crippen LogP contribution in [0.1, 0.15) is 43.6 Å². The number of amides is 1. The van der Waals surface area contributed by atoms with E-state index < -0.39 is 30.7 Å². The second kappa shape index (κ2) is 9.11. The van der Waals surface area contributed by atoms with Crippen molar-refractivity contribution in [3.05, 3.63) is 47.0 Å². The Morgan fingerprint density at radius 1 is 1.21 bits per heavy atom. The molecule has 0 aliphatic carbocycles. The minimum Gasteiger partial charge on any atom is -0.492 e. The minimum atomic E-state index is -4.81. The lowest BCUT2D eigenvalue weighted by molar-refractivity contribution is -0.274. The molecule has 1 amide bonds. The van der Waals surface area contributed by atoms with E-state index in [1.165, 1.54) is 29.2 Å². The number of fused-ring (bicyclic) bond motifs is 1. The van der Waals surface area contributed by atoms with E-state index in [2.05, 4.69) is 4.74 Å². The summed E-state index contributed by atoms with van der Waals surface area (Å²) >= 11 is 0. The van der Waals surface area contributed by atoms with Crippen molar-refractivity contribution in [1.82, 2.24) is 4.90 Å². The molecule has 0 radical (unpaired) electrons. The molecule has 1 atom stereocenters. The quantitative estimate of drug-likeness (QED) is 0.577. The molecule has 1 unspecified atom stereocenters. The van der Waals surface area contributed by atoms with Crippen LogP contribution in [0.4, 0.5) is 18.0 Å². The second-order valence-corrected chi connectivity index (χ2v) is 8.71. The standard InChI is InChI=1S/C23H26F3NO6/c1-22(2,3)27(21(30)31)11-14-10-17(13-4-6-15(7-5-13)33-23(24,25)26)20-16(8-9-32-20)19(14)18(29)12-28/h4-7,10,18,28-29H,8-9,11-12H2,1-3H3,(H,30,31). The van der Waals surface area contributed by atoms with E-state index in [-0.39, 0.29) is 12.3 Å². The minimum absolute atomic E-state index is 0.0687. The third-order valence-corrected chi connectivity index (χ3v) is 5.38. The number of ether oxygens (including phenoxy) is 2. The van der Waals surface area contributed by atoms with Crippen molar-refractivity contribution in [3.8, 4) is 22.6 Å². The molecule has 2 aromatic carbocycles. The van der Waals surface area contributed by atoms with Crippen LogP contribution < -0.4 is 9.47 Å². The lowest BCUT2D eigenvalue weighted by Crippen LogP contribution is -2.44. The molecule has 180 valence electrons. The highest BCUT2D eigenvalue weighted by molar-refractivity contribution is 5.76. The van der Waals surface area contributed by atoms with Gasteiger partial charge in [-0.25, -0.2) is 4.79 Å².